The molecular formula is C12H12N2O2S. The van der Waals surface area contributed by atoms with Crippen molar-refractivity contribution in [3.05, 3.63) is 22.8 Å². The molecule has 0 spiro atoms. The Hall–Kier alpha value is -1.49. The van der Waals surface area contributed by atoms with Gasteiger partial charge in [-0.25, -0.2) is 14.8 Å². The van der Waals surface area contributed by atoms with E-state index in [0.29, 0.717) is 11.5 Å². The van der Waals surface area contributed by atoms with Crippen LogP contribution in [0.2, 0.25) is 0 Å². The lowest BCUT2D eigenvalue weighted by molar-refractivity contribution is 0.0600. The number of esters is 1. The summed E-state index contributed by atoms with van der Waals surface area (Å²) >= 11 is 1.64. The van der Waals surface area contributed by atoms with E-state index < -0.39 is 0 Å². The van der Waals surface area contributed by atoms with Crippen molar-refractivity contribution in [2.45, 2.75) is 25.2 Å². The number of nitrogens with zero attached hydrogens (tertiary/aromatic N) is 2. The van der Waals surface area contributed by atoms with Gasteiger partial charge in [0.2, 0.25) is 0 Å². The molecule has 1 saturated carbocycles. The smallest absolute Gasteiger partial charge is 0.339 e. The van der Waals surface area contributed by atoms with Crippen molar-refractivity contribution in [1.82, 2.24) is 9.97 Å². The van der Waals surface area contributed by atoms with Crippen LogP contribution in [0.25, 0.3) is 10.3 Å². The first-order chi connectivity index (χ1) is 8.28. The Bertz CT molecular complexity index is 575. The molecule has 0 amide bonds. The number of ether oxygens (including phenoxy) is 1. The van der Waals surface area contributed by atoms with Crippen LogP contribution in [0, 0.1) is 0 Å². The molecule has 0 bridgehead atoms. The molecule has 1 aliphatic rings. The van der Waals surface area contributed by atoms with E-state index in [2.05, 4.69) is 14.7 Å². The number of hydrogen-bond acceptors (Lipinski definition) is 5. The van der Waals surface area contributed by atoms with Gasteiger partial charge in [-0.3, -0.25) is 0 Å². The van der Waals surface area contributed by atoms with Gasteiger partial charge in [0.25, 0.3) is 0 Å². The van der Waals surface area contributed by atoms with Gasteiger partial charge in [0.15, 0.2) is 5.65 Å². The number of rotatable bonds is 2. The Morgan fingerprint density at radius 1 is 1.53 bits per heavy atom. The number of methoxy groups -OCH3 is 1. The average molecular weight is 248 g/mol. The van der Waals surface area contributed by atoms with E-state index in [4.69, 9.17) is 0 Å². The Kier molecular flexibility index (Phi) is 2.55. The number of thiazole rings is 1. The molecule has 0 unspecified atom stereocenters. The van der Waals surface area contributed by atoms with E-state index in [1.54, 1.807) is 11.3 Å². The van der Waals surface area contributed by atoms with Gasteiger partial charge in [0.05, 0.1) is 22.4 Å². The monoisotopic (exact) mass is 248 g/mol. The lowest BCUT2D eigenvalue weighted by Crippen LogP contribution is -2.07. The Balaban J connectivity index is 2.00. The SMILES string of the molecule is COC(=O)c1cnc2nc(C3CCC3)sc2c1. The second kappa shape index (κ2) is 4.07. The third-order valence-electron chi connectivity index (χ3n) is 3.14. The van der Waals surface area contributed by atoms with Crippen molar-refractivity contribution >= 4 is 27.7 Å². The number of pyridine rings is 1. The molecule has 1 aliphatic carbocycles. The van der Waals surface area contributed by atoms with Gasteiger partial charge < -0.3 is 4.74 Å². The maximum Gasteiger partial charge on any atom is 0.339 e. The van der Waals surface area contributed by atoms with E-state index >= 15 is 0 Å². The van der Waals surface area contributed by atoms with Crippen molar-refractivity contribution in [1.29, 1.82) is 0 Å². The molecular weight excluding hydrogens is 236 g/mol. The largest absolute Gasteiger partial charge is 0.465 e. The first-order valence-corrected chi connectivity index (χ1v) is 6.44. The van der Waals surface area contributed by atoms with Gasteiger partial charge >= 0.3 is 5.97 Å². The number of carbonyl (C=O) groups is 1. The molecule has 0 aromatic carbocycles. The maximum absolute atomic E-state index is 11.4. The lowest BCUT2D eigenvalue weighted by Gasteiger charge is -2.22. The number of carbonyl (C=O) groups excluding carboxylic acids is 1. The van der Waals surface area contributed by atoms with E-state index in [-0.39, 0.29) is 5.97 Å². The van der Waals surface area contributed by atoms with Crippen molar-refractivity contribution in [2.75, 3.05) is 7.11 Å². The molecule has 5 heteroatoms. The molecule has 0 N–H and O–H groups in total. The van der Waals surface area contributed by atoms with Crippen molar-refractivity contribution in [2.24, 2.45) is 0 Å². The van der Waals surface area contributed by atoms with Gasteiger partial charge in [0.1, 0.15) is 0 Å². The van der Waals surface area contributed by atoms with E-state index in [0.717, 1.165) is 15.4 Å². The first-order valence-electron chi connectivity index (χ1n) is 5.62. The molecule has 3 rings (SSSR count). The lowest BCUT2D eigenvalue weighted by atomic mass is 9.86. The minimum atomic E-state index is -0.349. The molecule has 0 atom stereocenters. The van der Waals surface area contributed by atoms with Gasteiger partial charge in [-0.05, 0) is 18.9 Å². The van der Waals surface area contributed by atoms with Crippen LogP contribution in [0.1, 0.15) is 40.5 Å². The minimum absolute atomic E-state index is 0.349. The van der Waals surface area contributed by atoms with Gasteiger partial charge in [0, 0.05) is 12.1 Å². The Morgan fingerprint density at radius 2 is 2.35 bits per heavy atom. The maximum atomic E-state index is 11.4. The highest BCUT2D eigenvalue weighted by molar-refractivity contribution is 7.18. The quantitative estimate of drug-likeness (QED) is 0.767. The zero-order chi connectivity index (χ0) is 11.8. The van der Waals surface area contributed by atoms with E-state index in [1.807, 2.05) is 6.07 Å². The zero-order valence-electron chi connectivity index (χ0n) is 9.47. The Labute approximate surface area is 103 Å². The molecule has 2 aromatic rings. The van der Waals surface area contributed by atoms with Crippen molar-refractivity contribution in [3.63, 3.8) is 0 Å². The molecule has 88 valence electrons. The number of fused-ring (bicyclic) bond motifs is 1. The number of hydrogen-bond donors (Lipinski definition) is 0. The van der Waals surface area contributed by atoms with Crippen LogP contribution in [-0.2, 0) is 4.74 Å². The number of aromatic nitrogens is 2. The van der Waals surface area contributed by atoms with Gasteiger partial charge in [-0.2, -0.15) is 0 Å². The summed E-state index contributed by atoms with van der Waals surface area (Å²) in [6.45, 7) is 0. The third kappa shape index (κ3) is 1.80. The van der Waals surface area contributed by atoms with Crippen molar-refractivity contribution < 1.29 is 9.53 Å². The molecule has 0 radical (unpaired) electrons. The van der Waals surface area contributed by atoms with Crippen LogP contribution >= 0.6 is 11.3 Å². The van der Waals surface area contributed by atoms with Crippen LogP contribution in [0.5, 0.6) is 0 Å². The van der Waals surface area contributed by atoms with Crippen LogP contribution in [0.15, 0.2) is 12.3 Å². The summed E-state index contributed by atoms with van der Waals surface area (Å²) in [6, 6.07) is 1.81. The van der Waals surface area contributed by atoms with Crippen molar-refractivity contribution in [3.8, 4) is 0 Å². The fourth-order valence-corrected chi connectivity index (χ4v) is 3.03. The summed E-state index contributed by atoms with van der Waals surface area (Å²) in [7, 11) is 1.37. The molecule has 0 aliphatic heterocycles. The molecule has 4 nitrogen and oxygen atoms in total. The molecule has 17 heavy (non-hydrogen) atoms. The topological polar surface area (TPSA) is 52.1 Å². The summed E-state index contributed by atoms with van der Waals surface area (Å²) in [6.07, 6.45) is 5.27. The van der Waals surface area contributed by atoms with Crippen LogP contribution in [-0.4, -0.2) is 23.0 Å². The second-order valence-electron chi connectivity index (χ2n) is 4.22. The predicted molar refractivity (Wildman–Crippen MR) is 65.3 cm³/mol. The standard InChI is InChI=1S/C12H12N2O2S/c1-16-12(15)8-5-9-10(13-6-8)14-11(17-9)7-3-2-4-7/h5-7H,2-4H2,1H3. The van der Waals surface area contributed by atoms with Gasteiger partial charge in [-0.1, -0.05) is 6.42 Å². The zero-order valence-corrected chi connectivity index (χ0v) is 10.3. The summed E-state index contributed by atoms with van der Waals surface area (Å²) in [5.41, 5.74) is 1.23. The highest BCUT2D eigenvalue weighted by Crippen LogP contribution is 2.39. The van der Waals surface area contributed by atoms with E-state index in [9.17, 15) is 4.79 Å². The second-order valence-corrected chi connectivity index (χ2v) is 5.28. The molecule has 1 fully saturated rings. The molecule has 2 aromatic heterocycles. The Morgan fingerprint density at radius 3 is 3.00 bits per heavy atom. The summed E-state index contributed by atoms with van der Waals surface area (Å²) in [5.74, 6) is 0.258. The highest BCUT2D eigenvalue weighted by Gasteiger charge is 2.23. The van der Waals surface area contributed by atoms with E-state index in [1.165, 1.54) is 32.6 Å². The summed E-state index contributed by atoms with van der Waals surface area (Å²) < 4.78 is 5.64. The van der Waals surface area contributed by atoms with Crippen LogP contribution in [0.4, 0.5) is 0 Å². The fourth-order valence-electron chi connectivity index (χ4n) is 1.90. The van der Waals surface area contributed by atoms with Gasteiger partial charge in [-0.15, -0.1) is 11.3 Å². The van der Waals surface area contributed by atoms with Crippen LogP contribution < -0.4 is 0 Å². The van der Waals surface area contributed by atoms with Crippen LogP contribution in [0.3, 0.4) is 0 Å². The molecule has 2 heterocycles. The summed E-state index contributed by atoms with van der Waals surface area (Å²) in [4.78, 5) is 20.1. The highest BCUT2D eigenvalue weighted by atomic mass is 32.1. The average Bonchev–Trinajstić information content (AvgIpc) is 2.67. The minimum Gasteiger partial charge on any atom is -0.465 e. The fraction of sp³-hybridized carbons (Fsp3) is 0.417. The predicted octanol–water partition coefficient (Wildman–Crippen LogP) is 2.75. The molecule has 0 saturated heterocycles. The summed E-state index contributed by atoms with van der Waals surface area (Å²) in [5, 5.41) is 1.15. The first kappa shape index (κ1) is 10.7. The third-order valence-corrected chi connectivity index (χ3v) is 4.29. The normalized spacial score (nSPS) is 15.8.